The zero-order chi connectivity index (χ0) is 18.2. The van der Waals surface area contributed by atoms with Gasteiger partial charge in [-0.25, -0.2) is 0 Å². The highest BCUT2D eigenvalue weighted by molar-refractivity contribution is 5.70. The average molecular weight is 347 g/mol. The molecule has 0 unspecified atom stereocenters. The summed E-state index contributed by atoms with van der Waals surface area (Å²) in [4.78, 5) is 10.7. The Labute approximate surface area is 153 Å². The van der Waals surface area contributed by atoms with E-state index in [1.807, 2.05) is 78.9 Å². The Morgan fingerprint density at radius 2 is 1.58 bits per heavy atom. The minimum atomic E-state index is -0.821. The molecule has 0 saturated carbocycles. The fraction of sp³-hybridized carbons (Fsp3) is 0.136. The number of ether oxygens (including phenoxy) is 1. The first-order valence-electron chi connectivity index (χ1n) is 8.49. The predicted molar refractivity (Wildman–Crippen MR) is 102 cm³/mol. The monoisotopic (exact) mass is 347 g/mol. The molecule has 132 valence electrons. The molecule has 0 heterocycles. The lowest BCUT2D eigenvalue weighted by Crippen LogP contribution is -2.02. The predicted octanol–water partition coefficient (Wildman–Crippen LogP) is 4.50. The van der Waals surface area contributed by atoms with E-state index >= 15 is 0 Å². The Morgan fingerprint density at radius 3 is 2.31 bits per heavy atom. The van der Waals surface area contributed by atoms with Crippen molar-refractivity contribution in [1.82, 2.24) is 0 Å². The number of hydrogen-bond acceptors (Lipinski definition) is 3. The van der Waals surface area contributed by atoms with Gasteiger partial charge in [0.05, 0.1) is 6.42 Å². The highest BCUT2D eigenvalue weighted by Crippen LogP contribution is 2.17. The summed E-state index contributed by atoms with van der Waals surface area (Å²) in [7, 11) is 0. The SMILES string of the molecule is O=C(O)Cc1ccc(NCc2cccc(OCc3ccccc3)c2)cc1. The van der Waals surface area contributed by atoms with Gasteiger partial charge in [-0.2, -0.15) is 0 Å². The van der Waals surface area contributed by atoms with E-state index in [0.717, 1.165) is 28.1 Å². The van der Waals surface area contributed by atoms with E-state index in [4.69, 9.17) is 9.84 Å². The molecule has 2 N–H and O–H groups in total. The largest absolute Gasteiger partial charge is 0.489 e. The van der Waals surface area contributed by atoms with Gasteiger partial charge in [-0.1, -0.05) is 54.6 Å². The van der Waals surface area contributed by atoms with Crippen molar-refractivity contribution in [2.24, 2.45) is 0 Å². The normalized spacial score (nSPS) is 10.3. The van der Waals surface area contributed by atoms with Gasteiger partial charge in [0.25, 0.3) is 0 Å². The van der Waals surface area contributed by atoms with Gasteiger partial charge in [0.2, 0.25) is 0 Å². The van der Waals surface area contributed by atoms with Gasteiger partial charge in [0.1, 0.15) is 12.4 Å². The second kappa shape index (κ2) is 8.72. The maximum absolute atomic E-state index is 10.7. The van der Waals surface area contributed by atoms with E-state index in [1.54, 1.807) is 0 Å². The van der Waals surface area contributed by atoms with Crippen molar-refractivity contribution in [2.45, 2.75) is 19.6 Å². The van der Waals surface area contributed by atoms with Crippen LogP contribution >= 0.6 is 0 Å². The van der Waals surface area contributed by atoms with Crippen molar-refractivity contribution >= 4 is 11.7 Å². The lowest BCUT2D eigenvalue weighted by atomic mass is 10.1. The van der Waals surface area contributed by atoms with Crippen LogP contribution in [0.1, 0.15) is 16.7 Å². The first-order valence-corrected chi connectivity index (χ1v) is 8.49. The van der Waals surface area contributed by atoms with Crippen molar-refractivity contribution in [1.29, 1.82) is 0 Å². The molecule has 0 atom stereocenters. The Bertz CT molecular complexity index is 845. The molecule has 0 amide bonds. The van der Waals surface area contributed by atoms with Crippen LogP contribution in [0, 0.1) is 0 Å². The maximum Gasteiger partial charge on any atom is 0.307 e. The van der Waals surface area contributed by atoms with Crippen LogP contribution in [0.2, 0.25) is 0 Å². The third kappa shape index (κ3) is 5.38. The Balaban J connectivity index is 1.54. The highest BCUT2D eigenvalue weighted by atomic mass is 16.5. The van der Waals surface area contributed by atoms with Crippen LogP contribution in [0.3, 0.4) is 0 Å². The number of anilines is 1. The molecule has 0 spiro atoms. The second-order valence-corrected chi connectivity index (χ2v) is 6.04. The molecule has 3 rings (SSSR count). The Hall–Kier alpha value is -3.27. The van der Waals surface area contributed by atoms with Crippen molar-refractivity contribution in [2.75, 3.05) is 5.32 Å². The zero-order valence-corrected chi connectivity index (χ0v) is 14.4. The summed E-state index contributed by atoms with van der Waals surface area (Å²) < 4.78 is 5.85. The van der Waals surface area contributed by atoms with Crippen molar-refractivity contribution in [3.8, 4) is 5.75 Å². The minimum Gasteiger partial charge on any atom is -0.489 e. The summed E-state index contributed by atoms with van der Waals surface area (Å²) in [6.07, 6.45) is 0.0427. The van der Waals surface area contributed by atoms with Crippen LogP contribution in [0.5, 0.6) is 5.75 Å². The molecule has 0 fully saturated rings. The number of nitrogens with one attached hydrogen (secondary N) is 1. The van der Waals surface area contributed by atoms with Crippen LogP contribution in [0.15, 0.2) is 78.9 Å². The summed E-state index contributed by atoms with van der Waals surface area (Å²) in [5, 5.41) is 12.1. The smallest absolute Gasteiger partial charge is 0.307 e. The molecule has 4 heteroatoms. The first kappa shape index (κ1) is 17.5. The fourth-order valence-electron chi connectivity index (χ4n) is 2.61. The van der Waals surface area contributed by atoms with Gasteiger partial charge in [-0.15, -0.1) is 0 Å². The molecule has 0 bridgehead atoms. The molecule has 4 nitrogen and oxygen atoms in total. The average Bonchev–Trinajstić information content (AvgIpc) is 2.67. The lowest BCUT2D eigenvalue weighted by Gasteiger charge is -2.10. The lowest BCUT2D eigenvalue weighted by molar-refractivity contribution is -0.136. The molecular weight excluding hydrogens is 326 g/mol. The first-order chi connectivity index (χ1) is 12.7. The summed E-state index contributed by atoms with van der Waals surface area (Å²) in [6, 6.07) is 25.5. The van der Waals surface area contributed by atoms with Gasteiger partial charge in [0, 0.05) is 12.2 Å². The van der Waals surface area contributed by atoms with E-state index in [0.29, 0.717) is 13.2 Å². The number of hydrogen-bond donors (Lipinski definition) is 2. The highest BCUT2D eigenvalue weighted by Gasteiger charge is 2.01. The minimum absolute atomic E-state index is 0.0427. The van der Waals surface area contributed by atoms with Crippen molar-refractivity contribution in [3.63, 3.8) is 0 Å². The summed E-state index contributed by atoms with van der Waals surface area (Å²) in [5.41, 5.74) is 4.00. The van der Waals surface area contributed by atoms with E-state index in [-0.39, 0.29) is 6.42 Å². The van der Waals surface area contributed by atoms with Gasteiger partial charge >= 0.3 is 5.97 Å². The van der Waals surface area contributed by atoms with Crippen LogP contribution in [-0.2, 0) is 24.4 Å². The standard InChI is InChI=1S/C22H21NO3/c24-22(25)14-17-9-11-20(12-10-17)23-15-19-7-4-8-21(13-19)26-16-18-5-2-1-3-6-18/h1-13,23H,14-16H2,(H,24,25). The van der Waals surface area contributed by atoms with E-state index in [9.17, 15) is 4.79 Å². The van der Waals surface area contributed by atoms with Gasteiger partial charge < -0.3 is 15.2 Å². The molecule has 26 heavy (non-hydrogen) atoms. The third-order valence-electron chi connectivity index (χ3n) is 3.95. The number of carbonyl (C=O) groups is 1. The molecule has 0 saturated heterocycles. The molecular formula is C22H21NO3. The Kier molecular flexibility index (Phi) is 5.88. The van der Waals surface area contributed by atoms with Crippen LogP contribution in [-0.4, -0.2) is 11.1 Å². The number of rotatable bonds is 8. The summed E-state index contributed by atoms with van der Waals surface area (Å²) in [5.74, 6) is 0.0167. The van der Waals surface area contributed by atoms with Gasteiger partial charge in [0.15, 0.2) is 0 Å². The van der Waals surface area contributed by atoms with Crippen molar-refractivity contribution in [3.05, 3.63) is 95.6 Å². The summed E-state index contributed by atoms with van der Waals surface area (Å²) >= 11 is 0. The number of aliphatic carboxylic acids is 1. The topological polar surface area (TPSA) is 58.6 Å². The molecule has 0 aliphatic carbocycles. The number of benzene rings is 3. The Morgan fingerprint density at radius 1 is 0.846 bits per heavy atom. The van der Waals surface area contributed by atoms with Gasteiger partial charge in [-0.05, 0) is 41.0 Å². The van der Waals surface area contributed by atoms with Gasteiger partial charge in [-0.3, -0.25) is 4.79 Å². The van der Waals surface area contributed by atoms with Crippen LogP contribution < -0.4 is 10.1 Å². The third-order valence-corrected chi connectivity index (χ3v) is 3.95. The quantitative estimate of drug-likeness (QED) is 0.630. The molecule has 3 aromatic rings. The van der Waals surface area contributed by atoms with E-state index < -0.39 is 5.97 Å². The summed E-state index contributed by atoms with van der Waals surface area (Å²) in [6.45, 7) is 1.21. The fourth-order valence-corrected chi connectivity index (χ4v) is 2.61. The van der Waals surface area contributed by atoms with E-state index in [1.165, 1.54) is 0 Å². The van der Waals surface area contributed by atoms with Crippen LogP contribution in [0.25, 0.3) is 0 Å². The number of carboxylic acid groups (broad SMARTS) is 1. The molecule has 0 aromatic heterocycles. The molecule has 3 aromatic carbocycles. The molecule has 0 aliphatic rings. The molecule has 0 radical (unpaired) electrons. The number of carboxylic acids is 1. The van der Waals surface area contributed by atoms with Crippen molar-refractivity contribution < 1.29 is 14.6 Å². The van der Waals surface area contributed by atoms with E-state index in [2.05, 4.69) is 5.32 Å². The maximum atomic E-state index is 10.7. The van der Waals surface area contributed by atoms with Crippen LogP contribution in [0.4, 0.5) is 5.69 Å². The zero-order valence-electron chi connectivity index (χ0n) is 14.4. The second-order valence-electron chi connectivity index (χ2n) is 6.04. The molecule has 0 aliphatic heterocycles.